The fourth-order valence-corrected chi connectivity index (χ4v) is 2.17. The Balaban J connectivity index is 2.12. The molecule has 1 N–H and O–H groups in total. The highest BCUT2D eigenvalue weighted by atomic mass is 35.5. The number of halogens is 2. The standard InChI is InChI=1S/C12H12Cl2N4/c1-3-18-7-9(6-16-18)5-15-11-8(2)4-10(13)17-12(11)14/h3-4,6-7,15H,1,5H2,2H3. The average molecular weight is 283 g/mol. The molecule has 94 valence electrons. The van der Waals surface area contributed by atoms with Crippen LogP contribution in [-0.4, -0.2) is 14.8 Å². The predicted molar refractivity (Wildman–Crippen MR) is 74.9 cm³/mol. The van der Waals surface area contributed by atoms with Gasteiger partial charge in [-0.25, -0.2) is 9.67 Å². The first kappa shape index (κ1) is 12.9. The van der Waals surface area contributed by atoms with E-state index in [9.17, 15) is 0 Å². The highest BCUT2D eigenvalue weighted by molar-refractivity contribution is 6.34. The van der Waals surface area contributed by atoms with E-state index in [0.717, 1.165) is 16.8 Å². The van der Waals surface area contributed by atoms with E-state index in [1.165, 1.54) is 0 Å². The minimum atomic E-state index is 0.371. The van der Waals surface area contributed by atoms with Crippen molar-refractivity contribution in [1.82, 2.24) is 14.8 Å². The SMILES string of the molecule is C=Cn1cc(CNc2c(C)cc(Cl)nc2Cl)cn1. The first-order valence-corrected chi connectivity index (χ1v) is 6.08. The lowest BCUT2D eigenvalue weighted by Crippen LogP contribution is -2.02. The molecule has 6 heteroatoms. The van der Waals surface area contributed by atoms with Gasteiger partial charge in [0.15, 0.2) is 5.15 Å². The lowest BCUT2D eigenvalue weighted by atomic mass is 10.2. The van der Waals surface area contributed by atoms with Crippen molar-refractivity contribution in [3.63, 3.8) is 0 Å². The van der Waals surface area contributed by atoms with Crippen molar-refractivity contribution in [1.29, 1.82) is 0 Å². The molecule has 0 radical (unpaired) electrons. The van der Waals surface area contributed by atoms with Crippen LogP contribution in [0.3, 0.4) is 0 Å². The molecule has 0 aliphatic heterocycles. The van der Waals surface area contributed by atoms with Crippen LogP contribution in [0.15, 0.2) is 25.0 Å². The summed E-state index contributed by atoms with van der Waals surface area (Å²) in [6, 6.07) is 1.77. The first-order valence-electron chi connectivity index (χ1n) is 5.32. The topological polar surface area (TPSA) is 42.7 Å². The van der Waals surface area contributed by atoms with E-state index >= 15 is 0 Å². The van der Waals surface area contributed by atoms with Crippen molar-refractivity contribution in [2.24, 2.45) is 0 Å². The highest BCUT2D eigenvalue weighted by Gasteiger charge is 2.07. The molecule has 2 aromatic heterocycles. The zero-order valence-electron chi connectivity index (χ0n) is 9.82. The third kappa shape index (κ3) is 2.83. The quantitative estimate of drug-likeness (QED) is 0.872. The number of anilines is 1. The predicted octanol–water partition coefficient (Wildman–Crippen LogP) is 3.61. The Morgan fingerprint density at radius 1 is 1.50 bits per heavy atom. The van der Waals surface area contributed by atoms with Crippen molar-refractivity contribution in [3.05, 3.63) is 46.5 Å². The number of pyridine rings is 1. The van der Waals surface area contributed by atoms with Crippen molar-refractivity contribution >= 4 is 35.1 Å². The summed E-state index contributed by atoms with van der Waals surface area (Å²) in [5.74, 6) is 0. The van der Waals surface area contributed by atoms with Crippen LogP contribution in [0.2, 0.25) is 10.3 Å². The Kier molecular flexibility index (Phi) is 3.89. The summed E-state index contributed by atoms with van der Waals surface area (Å²) < 4.78 is 1.64. The van der Waals surface area contributed by atoms with Gasteiger partial charge in [-0.05, 0) is 18.6 Å². The molecule has 0 atom stereocenters. The molecule has 0 saturated heterocycles. The van der Waals surface area contributed by atoms with Gasteiger partial charge in [-0.3, -0.25) is 0 Å². The summed E-state index contributed by atoms with van der Waals surface area (Å²) >= 11 is 11.9. The minimum Gasteiger partial charge on any atom is -0.378 e. The van der Waals surface area contributed by atoms with E-state index in [1.807, 2.05) is 13.1 Å². The number of hydrogen-bond acceptors (Lipinski definition) is 3. The molecule has 18 heavy (non-hydrogen) atoms. The molecule has 2 rings (SSSR count). The van der Waals surface area contributed by atoms with E-state index < -0.39 is 0 Å². The van der Waals surface area contributed by atoms with Gasteiger partial charge >= 0.3 is 0 Å². The molecular weight excluding hydrogens is 271 g/mol. The minimum absolute atomic E-state index is 0.371. The zero-order chi connectivity index (χ0) is 13.1. The Hall–Kier alpha value is -1.52. The average Bonchev–Trinajstić information content (AvgIpc) is 2.75. The Labute approximate surface area is 115 Å². The smallest absolute Gasteiger partial charge is 0.154 e. The number of aryl methyl sites for hydroxylation is 1. The van der Waals surface area contributed by atoms with Crippen LogP contribution < -0.4 is 5.32 Å². The number of rotatable bonds is 4. The van der Waals surface area contributed by atoms with Gasteiger partial charge in [-0.2, -0.15) is 5.10 Å². The Morgan fingerprint density at radius 3 is 2.89 bits per heavy atom. The largest absolute Gasteiger partial charge is 0.378 e. The van der Waals surface area contributed by atoms with Gasteiger partial charge in [0.2, 0.25) is 0 Å². The third-order valence-electron chi connectivity index (χ3n) is 2.45. The van der Waals surface area contributed by atoms with Gasteiger partial charge in [-0.1, -0.05) is 29.8 Å². The van der Waals surface area contributed by atoms with E-state index in [0.29, 0.717) is 16.9 Å². The molecule has 2 aromatic rings. The lowest BCUT2D eigenvalue weighted by Gasteiger charge is -2.10. The van der Waals surface area contributed by atoms with Crippen LogP contribution in [-0.2, 0) is 6.54 Å². The van der Waals surface area contributed by atoms with Gasteiger partial charge in [0.1, 0.15) is 5.15 Å². The molecule has 0 saturated carbocycles. The first-order chi connectivity index (χ1) is 8.60. The van der Waals surface area contributed by atoms with Crippen molar-refractivity contribution in [2.45, 2.75) is 13.5 Å². The second-order valence-corrected chi connectivity index (χ2v) is 4.54. The highest BCUT2D eigenvalue weighted by Crippen LogP contribution is 2.26. The van der Waals surface area contributed by atoms with Gasteiger partial charge in [0.05, 0.1) is 11.9 Å². The molecule has 0 aliphatic carbocycles. The number of nitrogens with zero attached hydrogens (tertiary/aromatic N) is 3. The Morgan fingerprint density at radius 2 is 2.28 bits per heavy atom. The molecule has 2 heterocycles. The van der Waals surface area contributed by atoms with Crippen molar-refractivity contribution < 1.29 is 0 Å². The summed E-state index contributed by atoms with van der Waals surface area (Å²) in [5, 5.41) is 8.08. The van der Waals surface area contributed by atoms with Gasteiger partial charge in [0, 0.05) is 24.5 Å². The summed E-state index contributed by atoms with van der Waals surface area (Å²) in [5.41, 5.74) is 2.77. The zero-order valence-corrected chi connectivity index (χ0v) is 11.3. The van der Waals surface area contributed by atoms with Crippen LogP contribution in [0.25, 0.3) is 6.20 Å². The maximum absolute atomic E-state index is 6.04. The number of nitrogens with one attached hydrogen (secondary N) is 1. The fourth-order valence-electron chi connectivity index (χ4n) is 1.57. The summed E-state index contributed by atoms with van der Waals surface area (Å²) in [7, 11) is 0. The maximum atomic E-state index is 6.04. The van der Waals surface area contributed by atoms with Crippen LogP contribution in [0.5, 0.6) is 0 Å². The molecule has 4 nitrogen and oxygen atoms in total. The molecular formula is C12H12Cl2N4. The second kappa shape index (κ2) is 5.42. The third-order valence-corrected chi connectivity index (χ3v) is 2.92. The molecule has 0 aliphatic rings. The van der Waals surface area contributed by atoms with Crippen molar-refractivity contribution in [3.8, 4) is 0 Å². The van der Waals surface area contributed by atoms with Crippen LogP contribution in [0, 0.1) is 6.92 Å². The van der Waals surface area contributed by atoms with Crippen LogP contribution >= 0.6 is 23.2 Å². The molecule has 0 unspecified atom stereocenters. The molecule has 0 amide bonds. The lowest BCUT2D eigenvalue weighted by molar-refractivity contribution is 0.936. The summed E-state index contributed by atoms with van der Waals surface area (Å²) in [6.45, 7) is 6.17. The number of aromatic nitrogens is 3. The normalized spacial score (nSPS) is 10.4. The monoisotopic (exact) mass is 282 g/mol. The molecule has 0 spiro atoms. The summed E-state index contributed by atoms with van der Waals surface area (Å²) in [6.07, 6.45) is 5.28. The van der Waals surface area contributed by atoms with Crippen LogP contribution in [0.4, 0.5) is 5.69 Å². The molecule has 0 aromatic carbocycles. The van der Waals surface area contributed by atoms with E-state index in [4.69, 9.17) is 23.2 Å². The van der Waals surface area contributed by atoms with Gasteiger partial charge < -0.3 is 5.32 Å². The number of hydrogen-bond donors (Lipinski definition) is 1. The van der Waals surface area contributed by atoms with E-state index in [-0.39, 0.29) is 0 Å². The fraction of sp³-hybridized carbons (Fsp3) is 0.167. The van der Waals surface area contributed by atoms with E-state index in [1.54, 1.807) is 23.1 Å². The van der Waals surface area contributed by atoms with E-state index in [2.05, 4.69) is 22.0 Å². The molecule has 0 fully saturated rings. The van der Waals surface area contributed by atoms with Crippen molar-refractivity contribution in [2.75, 3.05) is 5.32 Å². The second-order valence-electron chi connectivity index (χ2n) is 3.79. The van der Waals surface area contributed by atoms with Gasteiger partial charge in [-0.15, -0.1) is 0 Å². The van der Waals surface area contributed by atoms with Crippen LogP contribution in [0.1, 0.15) is 11.1 Å². The maximum Gasteiger partial charge on any atom is 0.154 e. The van der Waals surface area contributed by atoms with Gasteiger partial charge in [0.25, 0.3) is 0 Å². The summed E-state index contributed by atoms with van der Waals surface area (Å²) in [4.78, 5) is 4.00. The Bertz CT molecular complexity index is 554. The molecule has 0 bridgehead atoms.